The van der Waals surface area contributed by atoms with Crippen molar-refractivity contribution in [1.29, 1.82) is 0 Å². The molecule has 0 aromatic heterocycles. The van der Waals surface area contributed by atoms with E-state index in [-0.39, 0.29) is 13.2 Å². The molecule has 12 heavy (non-hydrogen) atoms. The van der Waals surface area contributed by atoms with Crippen molar-refractivity contribution in [2.45, 2.75) is 33.5 Å². The topological polar surface area (TPSA) is 46.1 Å². The van der Waals surface area contributed by atoms with Gasteiger partial charge in [0, 0.05) is 0 Å². The standard InChI is InChI=1S/2C4H9O.CH3.Al/c2*1-4(2)3-5;;/h2*4H,3H2,1-2H3;1H3;/q2*-1;;+2. The van der Waals surface area contributed by atoms with E-state index in [2.05, 4.69) is 16.3 Å². The predicted molar refractivity (Wildman–Crippen MR) is 51.0 cm³/mol. The van der Waals surface area contributed by atoms with Crippen LogP contribution in [-0.4, -0.2) is 29.5 Å². The fraction of sp³-hybridized carbons (Fsp3) is 1.00. The third kappa shape index (κ3) is 47.1. The van der Waals surface area contributed by atoms with Crippen molar-refractivity contribution in [1.82, 2.24) is 0 Å². The fourth-order valence-corrected chi connectivity index (χ4v) is 0. The minimum absolute atomic E-state index is 0.0556. The Labute approximate surface area is 85.4 Å². The quantitative estimate of drug-likeness (QED) is 0.581. The van der Waals surface area contributed by atoms with Crippen molar-refractivity contribution in [2.24, 2.45) is 11.8 Å². The molecular weight excluding hydrogens is 167 g/mol. The molecule has 0 fully saturated rings. The molecule has 0 spiro atoms. The van der Waals surface area contributed by atoms with Crippen molar-refractivity contribution in [2.75, 3.05) is 13.2 Å². The maximum atomic E-state index is 9.63. The maximum absolute atomic E-state index is 9.63. The predicted octanol–water partition coefficient (Wildman–Crippen LogP) is 0.208. The summed E-state index contributed by atoms with van der Waals surface area (Å²) in [5, 5.41) is 19.3. The molecule has 0 N–H and O–H groups in total. The average Bonchev–Trinajstić information content (AvgIpc) is 2.09. The van der Waals surface area contributed by atoms with Crippen LogP contribution in [0.25, 0.3) is 0 Å². The summed E-state index contributed by atoms with van der Waals surface area (Å²) in [5.74, 6) is 2.57. The Morgan fingerprint density at radius 3 is 0.917 bits per heavy atom. The molecule has 0 aliphatic carbocycles. The zero-order chi connectivity index (χ0) is 10.6. The summed E-state index contributed by atoms with van der Waals surface area (Å²) < 4.78 is 0. The van der Waals surface area contributed by atoms with Gasteiger partial charge in [-0.25, -0.2) is 0 Å². The van der Waals surface area contributed by atoms with Gasteiger partial charge in [0.25, 0.3) is 0 Å². The summed E-state index contributed by atoms with van der Waals surface area (Å²) in [5.41, 5.74) is 0. The Bertz CT molecular complexity index is 48.5. The van der Waals surface area contributed by atoms with Gasteiger partial charge in [-0.1, -0.05) is 39.5 Å². The molecule has 0 aromatic carbocycles. The second kappa shape index (κ2) is 17.5. The van der Waals surface area contributed by atoms with Crippen LogP contribution in [-0.2, 0) is 0 Å². The molecule has 0 atom stereocenters. The van der Waals surface area contributed by atoms with Crippen LogP contribution in [0.1, 0.15) is 27.7 Å². The Morgan fingerprint density at radius 2 is 0.917 bits per heavy atom. The summed E-state index contributed by atoms with van der Waals surface area (Å²) in [6.45, 7) is 7.75. The van der Waals surface area contributed by atoms with Gasteiger partial charge in [0.1, 0.15) is 0 Å². The normalized spacial score (nSPS) is 8.58. The summed E-state index contributed by atoms with van der Waals surface area (Å²) in [4.78, 5) is 0. The summed E-state index contributed by atoms with van der Waals surface area (Å²) >= 11 is 2.42. The number of hydrogen-bond donors (Lipinski definition) is 0. The summed E-state index contributed by atoms with van der Waals surface area (Å²) in [6.07, 6.45) is 0. The van der Waals surface area contributed by atoms with E-state index in [4.69, 9.17) is 0 Å². The fourth-order valence-electron chi connectivity index (χ4n) is 0. The van der Waals surface area contributed by atoms with Gasteiger partial charge in [-0.15, -0.1) is 13.2 Å². The van der Waals surface area contributed by atoms with Crippen LogP contribution in [0.3, 0.4) is 0 Å². The molecule has 3 heteroatoms. The minimum atomic E-state index is 0.0556. The Kier molecular flexibility index (Phi) is 26.7. The SMILES string of the molecule is CC(C)C[O-].CC(C)C[O-].[CH3][Al+2]. The van der Waals surface area contributed by atoms with Crippen LogP contribution < -0.4 is 10.2 Å². The first-order valence-corrected chi connectivity index (χ1v) is 5.44. The number of hydrogen-bond acceptors (Lipinski definition) is 2. The third-order valence-corrected chi connectivity index (χ3v) is 0.667. The van der Waals surface area contributed by atoms with Crippen molar-refractivity contribution in [3.05, 3.63) is 0 Å². The van der Waals surface area contributed by atoms with Crippen LogP contribution in [0.2, 0.25) is 5.79 Å². The molecule has 0 rings (SSSR count). The molecule has 0 aliphatic rings. The van der Waals surface area contributed by atoms with Gasteiger partial charge in [0.2, 0.25) is 0 Å². The van der Waals surface area contributed by atoms with Gasteiger partial charge in [-0.05, 0) is 0 Å². The molecule has 0 aliphatic heterocycles. The van der Waals surface area contributed by atoms with Crippen molar-refractivity contribution >= 4 is 16.3 Å². The first-order chi connectivity index (χ1) is 5.54. The van der Waals surface area contributed by atoms with Gasteiger partial charge in [0.05, 0.1) is 0 Å². The first-order valence-electron chi connectivity index (χ1n) is 4.28. The summed E-state index contributed by atoms with van der Waals surface area (Å²) in [7, 11) is 0. The zero-order valence-electron chi connectivity index (χ0n) is 8.96. The Balaban J connectivity index is -0.000000112. The molecule has 0 radical (unpaired) electrons. The van der Waals surface area contributed by atoms with E-state index in [0.29, 0.717) is 11.8 Å². The second-order valence-electron chi connectivity index (χ2n) is 3.12. The molecule has 0 aromatic rings. The molecule has 2 nitrogen and oxygen atoms in total. The van der Waals surface area contributed by atoms with Crippen LogP contribution in [0.5, 0.6) is 0 Å². The monoisotopic (exact) mass is 188 g/mol. The van der Waals surface area contributed by atoms with E-state index < -0.39 is 0 Å². The van der Waals surface area contributed by atoms with Crippen molar-refractivity contribution in [3.63, 3.8) is 0 Å². The first kappa shape index (κ1) is 18.3. The van der Waals surface area contributed by atoms with Crippen LogP contribution in [0, 0.1) is 11.8 Å². The van der Waals surface area contributed by atoms with Crippen LogP contribution in [0.4, 0.5) is 0 Å². The van der Waals surface area contributed by atoms with Crippen LogP contribution >= 0.6 is 0 Å². The molecule has 0 amide bonds. The second-order valence-corrected chi connectivity index (χ2v) is 3.12. The van der Waals surface area contributed by atoms with E-state index in [1.54, 1.807) is 0 Å². The van der Waals surface area contributed by atoms with E-state index in [0.717, 1.165) is 0 Å². The zero-order valence-corrected chi connectivity index (χ0v) is 10.1. The van der Waals surface area contributed by atoms with E-state index in [1.807, 2.05) is 33.5 Å². The van der Waals surface area contributed by atoms with Gasteiger partial charge in [-0.3, -0.25) is 0 Å². The van der Waals surface area contributed by atoms with Crippen molar-refractivity contribution < 1.29 is 10.2 Å². The Morgan fingerprint density at radius 1 is 0.833 bits per heavy atom. The van der Waals surface area contributed by atoms with E-state index in [9.17, 15) is 10.2 Å². The Hall–Kier alpha value is 0.452. The number of rotatable bonds is 2. The average molecular weight is 188 g/mol. The van der Waals surface area contributed by atoms with Gasteiger partial charge < -0.3 is 10.2 Å². The van der Waals surface area contributed by atoms with Crippen LogP contribution in [0.15, 0.2) is 0 Å². The van der Waals surface area contributed by atoms with Gasteiger partial charge in [-0.2, -0.15) is 0 Å². The van der Waals surface area contributed by atoms with Crippen molar-refractivity contribution in [3.8, 4) is 0 Å². The molecule has 72 valence electrons. The van der Waals surface area contributed by atoms with Gasteiger partial charge >= 0.3 is 22.1 Å². The van der Waals surface area contributed by atoms with Gasteiger partial charge in [0.15, 0.2) is 0 Å². The molecule has 0 heterocycles. The molecule has 0 bridgehead atoms. The molecule has 0 saturated heterocycles. The van der Waals surface area contributed by atoms with E-state index in [1.165, 1.54) is 0 Å². The molecular formula is C9H21AlO2. The third-order valence-electron chi connectivity index (χ3n) is 0.667. The molecule has 0 saturated carbocycles. The van der Waals surface area contributed by atoms with E-state index >= 15 is 0 Å². The molecule has 0 unspecified atom stereocenters. The summed E-state index contributed by atoms with van der Waals surface area (Å²) in [6, 6.07) is 0.